The van der Waals surface area contributed by atoms with Crippen molar-refractivity contribution in [2.45, 2.75) is 13.0 Å². The third kappa shape index (κ3) is 4.06. The van der Waals surface area contributed by atoms with E-state index in [2.05, 4.69) is 37.2 Å². The summed E-state index contributed by atoms with van der Waals surface area (Å²) in [6, 6.07) is 11.0. The Kier molecular flexibility index (Phi) is 6.07. The first kappa shape index (κ1) is 17.8. The van der Waals surface area contributed by atoms with Crippen LogP contribution in [0, 0.1) is 0 Å². The van der Waals surface area contributed by atoms with Crippen molar-refractivity contribution < 1.29 is 14.3 Å². The van der Waals surface area contributed by atoms with E-state index in [0.717, 1.165) is 10.0 Å². The lowest BCUT2D eigenvalue weighted by atomic mass is 10.1. The number of methoxy groups -OCH3 is 2. The summed E-state index contributed by atoms with van der Waals surface area (Å²) < 4.78 is 12.2. The lowest BCUT2D eigenvalue weighted by Crippen LogP contribution is -2.27. The molecule has 23 heavy (non-hydrogen) atoms. The van der Waals surface area contributed by atoms with Crippen LogP contribution in [-0.2, 0) is 0 Å². The van der Waals surface area contributed by atoms with Gasteiger partial charge < -0.3 is 14.8 Å². The number of amides is 1. The second kappa shape index (κ2) is 7.84. The fourth-order valence-corrected chi connectivity index (χ4v) is 3.47. The first-order chi connectivity index (χ1) is 11.0. The number of hydrogen-bond donors (Lipinski definition) is 1. The highest BCUT2D eigenvalue weighted by molar-refractivity contribution is 9.10. The highest BCUT2D eigenvalue weighted by atomic mass is 79.9. The molecule has 1 N–H and O–H groups in total. The van der Waals surface area contributed by atoms with E-state index in [1.54, 1.807) is 19.2 Å². The Hall–Kier alpha value is -1.53. The quantitative estimate of drug-likeness (QED) is 0.728. The van der Waals surface area contributed by atoms with Gasteiger partial charge in [-0.25, -0.2) is 0 Å². The largest absolute Gasteiger partial charge is 0.497 e. The van der Waals surface area contributed by atoms with Gasteiger partial charge in [-0.2, -0.15) is 0 Å². The average molecular weight is 443 g/mol. The van der Waals surface area contributed by atoms with Gasteiger partial charge in [0.05, 0.1) is 30.3 Å². The lowest BCUT2D eigenvalue weighted by molar-refractivity contribution is 0.0936. The molecule has 0 saturated heterocycles. The van der Waals surface area contributed by atoms with Gasteiger partial charge in [0.1, 0.15) is 11.5 Å². The van der Waals surface area contributed by atoms with Gasteiger partial charge in [-0.3, -0.25) is 4.79 Å². The average Bonchev–Trinajstić information content (AvgIpc) is 2.54. The SMILES string of the molecule is COc1cc(Br)c(OC)c(C(=O)NC(C)c2ccccc2Br)c1. The van der Waals surface area contributed by atoms with Gasteiger partial charge in [-0.1, -0.05) is 34.1 Å². The highest BCUT2D eigenvalue weighted by Crippen LogP contribution is 2.34. The zero-order valence-corrected chi connectivity index (χ0v) is 16.2. The molecule has 0 radical (unpaired) electrons. The molecular formula is C17H17Br2NO3. The van der Waals surface area contributed by atoms with Crippen molar-refractivity contribution >= 4 is 37.8 Å². The summed E-state index contributed by atoms with van der Waals surface area (Å²) in [5, 5.41) is 2.98. The molecule has 122 valence electrons. The van der Waals surface area contributed by atoms with Crippen LogP contribution in [0.1, 0.15) is 28.9 Å². The van der Waals surface area contributed by atoms with Crippen molar-refractivity contribution in [1.29, 1.82) is 0 Å². The summed E-state index contributed by atoms with van der Waals surface area (Å²) in [4.78, 5) is 12.7. The van der Waals surface area contributed by atoms with Crippen LogP contribution < -0.4 is 14.8 Å². The minimum absolute atomic E-state index is 0.159. The summed E-state index contributed by atoms with van der Waals surface area (Å²) >= 11 is 6.90. The molecule has 2 rings (SSSR count). The smallest absolute Gasteiger partial charge is 0.255 e. The first-order valence-corrected chi connectivity index (χ1v) is 8.53. The maximum absolute atomic E-state index is 12.7. The third-order valence-corrected chi connectivity index (χ3v) is 4.73. The second-order valence-electron chi connectivity index (χ2n) is 4.91. The van der Waals surface area contributed by atoms with Crippen LogP contribution >= 0.6 is 31.9 Å². The van der Waals surface area contributed by atoms with Crippen LogP contribution in [0.15, 0.2) is 45.3 Å². The van der Waals surface area contributed by atoms with E-state index in [4.69, 9.17) is 9.47 Å². The minimum atomic E-state index is -0.232. The normalized spacial score (nSPS) is 11.7. The number of benzene rings is 2. The van der Waals surface area contributed by atoms with Gasteiger partial charge in [0.15, 0.2) is 0 Å². The molecule has 0 aliphatic rings. The van der Waals surface area contributed by atoms with Crippen LogP contribution in [0.3, 0.4) is 0 Å². The van der Waals surface area contributed by atoms with Crippen molar-refractivity contribution in [2.75, 3.05) is 14.2 Å². The predicted octanol–water partition coefficient (Wildman–Crippen LogP) is 4.72. The summed E-state index contributed by atoms with van der Waals surface area (Å²) in [5.41, 5.74) is 1.42. The van der Waals surface area contributed by atoms with Gasteiger partial charge in [0.25, 0.3) is 5.91 Å². The summed E-state index contributed by atoms with van der Waals surface area (Å²) in [5.74, 6) is 0.823. The predicted molar refractivity (Wildman–Crippen MR) is 97.3 cm³/mol. The molecule has 2 aromatic rings. The maximum atomic E-state index is 12.7. The maximum Gasteiger partial charge on any atom is 0.255 e. The molecule has 1 atom stereocenters. The molecule has 0 spiro atoms. The van der Waals surface area contributed by atoms with Crippen LogP contribution in [-0.4, -0.2) is 20.1 Å². The Balaban J connectivity index is 2.30. The molecule has 6 heteroatoms. The first-order valence-electron chi connectivity index (χ1n) is 6.94. The van der Waals surface area contributed by atoms with Crippen LogP contribution in [0.4, 0.5) is 0 Å². The Morgan fingerprint density at radius 3 is 2.39 bits per heavy atom. The van der Waals surface area contributed by atoms with E-state index in [0.29, 0.717) is 21.5 Å². The molecule has 0 saturated carbocycles. The molecular weight excluding hydrogens is 426 g/mol. The van der Waals surface area contributed by atoms with E-state index >= 15 is 0 Å². The summed E-state index contributed by atoms with van der Waals surface area (Å²) in [6.45, 7) is 1.93. The van der Waals surface area contributed by atoms with E-state index < -0.39 is 0 Å². The van der Waals surface area contributed by atoms with E-state index in [-0.39, 0.29) is 11.9 Å². The van der Waals surface area contributed by atoms with Gasteiger partial charge >= 0.3 is 0 Å². The fraction of sp³-hybridized carbons (Fsp3) is 0.235. The standard InChI is InChI=1S/C17H17Br2NO3/c1-10(12-6-4-5-7-14(12)18)20-17(21)13-8-11(22-2)9-15(19)16(13)23-3/h4-10H,1-3H3,(H,20,21). The number of hydrogen-bond acceptors (Lipinski definition) is 3. The summed E-state index contributed by atoms with van der Waals surface area (Å²) in [6.07, 6.45) is 0. The van der Waals surface area contributed by atoms with Crippen molar-refractivity contribution in [3.05, 3.63) is 56.5 Å². The van der Waals surface area contributed by atoms with Crippen molar-refractivity contribution in [1.82, 2.24) is 5.32 Å². The fourth-order valence-electron chi connectivity index (χ4n) is 2.24. The van der Waals surface area contributed by atoms with Crippen molar-refractivity contribution in [3.63, 3.8) is 0 Å². The molecule has 0 aliphatic carbocycles. The van der Waals surface area contributed by atoms with Gasteiger partial charge in [0.2, 0.25) is 0 Å². The lowest BCUT2D eigenvalue weighted by Gasteiger charge is -2.18. The molecule has 2 aromatic carbocycles. The number of rotatable bonds is 5. The zero-order chi connectivity index (χ0) is 17.0. The highest BCUT2D eigenvalue weighted by Gasteiger charge is 2.20. The number of carbonyl (C=O) groups excluding carboxylic acids is 1. The molecule has 0 aliphatic heterocycles. The zero-order valence-electron chi connectivity index (χ0n) is 13.0. The molecule has 0 heterocycles. The Morgan fingerprint density at radius 1 is 1.09 bits per heavy atom. The van der Waals surface area contributed by atoms with Crippen molar-refractivity contribution in [3.8, 4) is 11.5 Å². The molecule has 4 nitrogen and oxygen atoms in total. The monoisotopic (exact) mass is 441 g/mol. The van der Waals surface area contributed by atoms with Gasteiger partial charge in [-0.05, 0) is 46.6 Å². The van der Waals surface area contributed by atoms with Crippen LogP contribution in [0.5, 0.6) is 11.5 Å². The van der Waals surface area contributed by atoms with Crippen LogP contribution in [0.2, 0.25) is 0 Å². The minimum Gasteiger partial charge on any atom is -0.497 e. The van der Waals surface area contributed by atoms with Crippen LogP contribution in [0.25, 0.3) is 0 Å². The van der Waals surface area contributed by atoms with E-state index in [1.807, 2.05) is 31.2 Å². The number of carbonyl (C=O) groups is 1. The number of ether oxygens (including phenoxy) is 2. The Morgan fingerprint density at radius 2 is 1.78 bits per heavy atom. The molecule has 1 amide bonds. The Labute approximate surface area is 152 Å². The molecule has 0 aromatic heterocycles. The van der Waals surface area contributed by atoms with E-state index in [1.165, 1.54) is 7.11 Å². The van der Waals surface area contributed by atoms with Crippen molar-refractivity contribution in [2.24, 2.45) is 0 Å². The number of nitrogens with one attached hydrogen (secondary N) is 1. The molecule has 0 bridgehead atoms. The topological polar surface area (TPSA) is 47.6 Å². The van der Waals surface area contributed by atoms with E-state index in [9.17, 15) is 4.79 Å². The molecule has 1 unspecified atom stereocenters. The second-order valence-corrected chi connectivity index (χ2v) is 6.62. The third-order valence-electron chi connectivity index (χ3n) is 3.42. The molecule has 0 fully saturated rings. The summed E-state index contributed by atoms with van der Waals surface area (Å²) in [7, 11) is 3.08. The van der Waals surface area contributed by atoms with Gasteiger partial charge in [-0.15, -0.1) is 0 Å². The Bertz CT molecular complexity index is 719. The van der Waals surface area contributed by atoms with Gasteiger partial charge in [0, 0.05) is 4.47 Å². The number of halogens is 2.